The molecule has 2 saturated carbocycles. The highest BCUT2D eigenvalue weighted by Gasteiger charge is 2.35. The van der Waals surface area contributed by atoms with Gasteiger partial charge in [0, 0.05) is 21.2 Å². The first-order valence-corrected chi connectivity index (χ1v) is 23.6. The third-order valence-electron chi connectivity index (χ3n) is 10.7. The highest BCUT2D eigenvalue weighted by molar-refractivity contribution is 7.93. The summed E-state index contributed by atoms with van der Waals surface area (Å²) < 4.78 is 87.2. The zero-order valence-electron chi connectivity index (χ0n) is 32.8. The van der Waals surface area contributed by atoms with Crippen LogP contribution in [0.1, 0.15) is 98.0 Å². The van der Waals surface area contributed by atoms with Gasteiger partial charge in [0.1, 0.15) is 0 Å². The Hall–Kier alpha value is -4.41. The van der Waals surface area contributed by atoms with Crippen LogP contribution < -0.4 is 14.3 Å². The smallest absolute Gasteiger partial charge is 0.314 e. The summed E-state index contributed by atoms with van der Waals surface area (Å²) in [4.78, 5) is 11.7. The van der Waals surface area contributed by atoms with E-state index in [9.17, 15) is 30.4 Å². The van der Waals surface area contributed by atoms with Gasteiger partial charge in [-0.3, -0.25) is 13.4 Å². The molecule has 5 aromatic rings. The number of carbonyl (C=O) groups excluding carboxylic acids is 1. The molecule has 1 heterocycles. The Bertz CT molecular complexity index is 2430. The number of aromatic nitrogens is 2. The minimum atomic E-state index is -3.61. The average Bonchev–Trinajstić information content (AvgIpc) is 3.77. The van der Waals surface area contributed by atoms with Crippen LogP contribution in [0.4, 0.5) is 20.2 Å². The van der Waals surface area contributed by atoms with Crippen molar-refractivity contribution in [1.29, 1.82) is 0 Å². The van der Waals surface area contributed by atoms with Crippen LogP contribution >= 0.6 is 23.2 Å². The first-order chi connectivity index (χ1) is 28.8. The molecule has 2 fully saturated rings. The first kappa shape index (κ1) is 45.1. The molecule has 0 saturated heterocycles. The summed E-state index contributed by atoms with van der Waals surface area (Å²) in [6.45, 7) is 0.256. The molecule has 0 amide bonds. The normalized spacial score (nSPS) is 15.3. The Balaban J connectivity index is 0.000000203. The Morgan fingerprint density at radius 3 is 1.53 bits per heavy atom. The quantitative estimate of drug-likeness (QED) is 0.107. The van der Waals surface area contributed by atoms with Gasteiger partial charge in [0.25, 0.3) is 5.89 Å². The van der Waals surface area contributed by atoms with Crippen LogP contribution in [0.15, 0.2) is 101 Å². The second kappa shape index (κ2) is 20.4. The predicted molar refractivity (Wildman–Crippen MR) is 231 cm³/mol. The number of sulfonamides is 2. The molecule has 1 aromatic heterocycles. The lowest BCUT2D eigenvalue weighted by Crippen LogP contribution is -2.39. The number of carbonyl (C=O) groups is 1. The van der Waals surface area contributed by atoms with E-state index in [-0.39, 0.29) is 36.6 Å². The van der Waals surface area contributed by atoms with E-state index >= 15 is 0 Å². The van der Waals surface area contributed by atoms with Crippen LogP contribution in [-0.4, -0.2) is 49.9 Å². The summed E-state index contributed by atoms with van der Waals surface area (Å²) >= 11 is 12.3. The monoisotopic (exact) mass is 901 g/mol. The molecule has 0 aliphatic heterocycles. The molecule has 2 aliphatic rings. The lowest BCUT2D eigenvalue weighted by atomic mass is 10.0. The van der Waals surface area contributed by atoms with Crippen molar-refractivity contribution in [3.8, 4) is 11.5 Å². The number of nitrogens with two attached hydrogens (primary N) is 1. The third-order valence-corrected chi connectivity index (χ3v) is 15.7. The van der Waals surface area contributed by atoms with Gasteiger partial charge in [-0.15, -0.1) is 10.2 Å². The van der Waals surface area contributed by atoms with E-state index in [4.69, 9.17) is 33.4 Å². The van der Waals surface area contributed by atoms with Crippen LogP contribution in [0.3, 0.4) is 0 Å². The van der Waals surface area contributed by atoms with E-state index in [2.05, 4.69) is 10.2 Å². The van der Waals surface area contributed by atoms with E-state index in [0.29, 0.717) is 58.2 Å². The molecule has 4 aromatic carbocycles. The zero-order chi connectivity index (χ0) is 42.9. The fourth-order valence-electron chi connectivity index (χ4n) is 7.44. The van der Waals surface area contributed by atoms with Gasteiger partial charge in [-0.1, -0.05) is 110 Å². The molecule has 11 nitrogen and oxygen atoms in total. The molecule has 7 rings (SSSR count). The Kier molecular flexibility index (Phi) is 15.4. The molecular formula is C43H47Cl2F2N5O6S2. The summed E-state index contributed by atoms with van der Waals surface area (Å²) in [6, 6.07) is 27.3. The van der Waals surface area contributed by atoms with Crippen molar-refractivity contribution < 1.29 is 34.8 Å². The maximum Gasteiger partial charge on any atom is 0.314 e. The van der Waals surface area contributed by atoms with Crippen molar-refractivity contribution in [2.75, 3.05) is 15.2 Å². The Morgan fingerprint density at radius 1 is 0.683 bits per heavy atom. The van der Waals surface area contributed by atoms with E-state index in [0.717, 1.165) is 49.7 Å². The number of rotatable bonds is 14. The van der Waals surface area contributed by atoms with Crippen LogP contribution in [-0.2, 0) is 33.1 Å². The van der Waals surface area contributed by atoms with Crippen molar-refractivity contribution in [1.82, 2.24) is 10.2 Å². The molecule has 2 N–H and O–H groups in total. The van der Waals surface area contributed by atoms with Crippen molar-refractivity contribution in [2.45, 2.75) is 94.2 Å². The number of Topliss-reactive ketones (excluding diaryl/α,β-unsaturated/α-hetero) is 1. The summed E-state index contributed by atoms with van der Waals surface area (Å²) in [6.07, 6.45) is 5.60. The van der Waals surface area contributed by atoms with Crippen molar-refractivity contribution >= 4 is 60.4 Å². The molecule has 0 unspecified atom stereocenters. The summed E-state index contributed by atoms with van der Waals surface area (Å²) in [5.41, 5.74) is 8.98. The van der Waals surface area contributed by atoms with E-state index in [1.165, 1.54) is 8.61 Å². The van der Waals surface area contributed by atoms with E-state index in [1.807, 2.05) is 0 Å². The van der Waals surface area contributed by atoms with E-state index in [1.54, 1.807) is 97.1 Å². The summed E-state index contributed by atoms with van der Waals surface area (Å²) in [5.74, 6) is -0.906. The first-order valence-electron chi connectivity index (χ1n) is 19.8. The number of ketones is 1. The Labute approximate surface area is 360 Å². The minimum Gasteiger partial charge on any atom is -0.415 e. The molecule has 0 bridgehead atoms. The van der Waals surface area contributed by atoms with Gasteiger partial charge in [-0.25, -0.2) is 16.8 Å². The maximum atomic E-state index is 13.5. The van der Waals surface area contributed by atoms with Gasteiger partial charge in [0.05, 0.1) is 41.5 Å². The topological polar surface area (TPSA) is 157 Å². The molecule has 17 heteroatoms. The van der Waals surface area contributed by atoms with Gasteiger partial charge >= 0.3 is 6.43 Å². The second-order valence-corrected chi connectivity index (χ2v) is 20.0. The lowest BCUT2D eigenvalue weighted by molar-refractivity contribution is 0.100. The van der Waals surface area contributed by atoms with Crippen molar-refractivity contribution in [2.24, 2.45) is 5.73 Å². The molecule has 2 aliphatic carbocycles. The average molecular weight is 903 g/mol. The highest BCUT2D eigenvalue weighted by Crippen LogP contribution is 2.34. The fraction of sp³-hybridized carbons (Fsp3) is 0.372. The van der Waals surface area contributed by atoms with Crippen LogP contribution in [0.2, 0.25) is 10.0 Å². The molecular weight excluding hydrogens is 856 g/mol. The molecule has 320 valence electrons. The maximum absolute atomic E-state index is 13.5. The van der Waals surface area contributed by atoms with Crippen LogP contribution in [0, 0.1) is 0 Å². The number of hydrogen-bond acceptors (Lipinski definition) is 9. The SMILES string of the molecule is NCC(=O)c1ccc(CN(c2cccc(Cl)c2)S(=O)(=O)C2CCCCC2)cc1.O=S(=O)(C1CCCCC1)N(Cc1ccc(-c2nnc(C(F)F)o2)cc1)c1cccc(Cl)c1. The lowest BCUT2D eigenvalue weighted by Gasteiger charge is -2.31. The number of alkyl halides is 2. The predicted octanol–water partition coefficient (Wildman–Crippen LogP) is 10.1. The van der Waals surface area contributed by atoms with Crippen LogP contribution in [0.5, 0.6) is 0 Å². The Morgan fingerprint density at radius 2 is 1.13 bits per heavy atom. The van der Waals surface area contributed by atoms with Gasteiger partial charge in [-0.2, -0.15) is 8.78 Å². The molecule has 0 spiro atoms. The number of nitrogens with zero attached hydrogens (tertiary/aromatic N) is 4. The minimum absolute atomic E-state index is 0.0200. The van der Waals surface area contributed by atoms with Gasteiger partial charge in [0.2, 0.25) is 25.9 Å². The largest absolute Gasteiger partial charge is 0.415 e. The van der Waals surface area contributed by atoms with Crippen molar-refractivity contribution in [3.63, 3.8) is 0 Å². The number of benzene rings is 4. The second-order valence-electron chi connectivity index (χ2n) is 14.9. The molecule has 0 atom stereocenters. The molecule has 0 radical (unpaired) electrons. The summed E-state index contributed by atoms with van der Waals surface area (Å²) in [7, 11) is -7.15. The number of hydrogen-bond donors (Lipinski definition) is 1. The third kappa shape index (κ3) is 11.3. The highest BCUT2D eigenvalue weighted by atomic mass is 35.5. The number of halogens is 4. The van der Waals surface area contributed by atoms with Gasteiger partial charge in [0.15, 0.2) is 5.78 Å². The van der Waals surface area contributed by atoms with Crippen LogP contribution in [0.25, 0.3) is 11.5 Å². The fourth-order valence-corrected chi connectivity index (χ4v) is 11.9. The van der Waals surface area contributed by atoms with Crippen molar-refractivity contribution in [3.05, 3.63) is 130 Å². The van der Waals surface area contributed by atoms with Gasteiger partial charge in [-0.05, 0) is 85.3 Å². The zero-order valence-corrected chi connectivity index (χ0v) is 36.0. The number of anilines is 2. The summed E-state index contributed by atoms with van der Waals surface area (Å²) in [5, 5.41) is 7.10. The standard InChI is InChI=1S/C22H22ClF2N3O3S.C21H25ClN2O3S/c23-17-5-4-6-18(13-17)28(32(29,30)19-7-2-1-3-8-19)14-15-9-11-16(12-10-15)21-26-27-22(31-21)20(24)25;22-18-5-4-6-19(13-18)24(28(26,27)20-7-2-1-3-8-20)15-16-9-11-17(12-10-16)21(25)14-23/h4-6,9-13,19-20H,1-3,7-8,14H2;4-6,9-13,20H,1-3,7-8,14-15,23H2. The molecule has 60 heavy (non-hydrogen) atoms. The van der Waals surface area contributed by atoms with E-state index < -0.39 is 37.6 Å². The van der Waals surface area contributed by atoms with Gasteiger partial charge < -0.3 is 10.2 Å².